The molecule has 3 rings (SSSR count). The van der Waals surface area contributed by atoms with Crippen LogP contribution in [0.2, 0.25) is 10.2 Å². The second kappa shape index (κ2) is 4.19. The highest BCUT2D eigenvalue weighted by molar-refractivity contribution is 6.32. The highest BCUT2D eigenvalue weighted by Crippen LogP contribution is 2.27. The average molecular weight is 283 g/mol. The molecule has 0 aliphatic rings. The summed E-state index contributed by atoms with van der Waals surface area (Å²) in [6, 6.07) is 4.69. The van der Waals surface area contributed by atoms with E-state index >= 15 is 0 Å². The number of hydrogen-bond acceptors (Lipinski definition) is 3. The molecule has 0 spiro atoms. The molecule has 90 valence electrons. The first kappa shape index (κ1) is 11.4. The average Bonchev–Trinajstić information content (AvgIpc) is 2.78. The lowest BCUT2D eigenvalue weighted by molar-refractivity contribution is 0.630. The summed E-state index contributed by atoms with van der Waals surface area (Å²) in [5, 5.41) is 8.03. The minimum absolute atomic E-state index is 0.0319. The Morgan fingerprint density at radius 2 is 2.00 bits per heavy atom. The smallest absolute Gasteiger partial charge is 0.198 e. The molecular weight excluding hydrogens is 278 g/mol. The van der Waals surface area contributed by atoms with Gasteiger partial charge in [0.25, 0.3) is 0 Å². The van der Waals surface area contributed by atoms with Crippen LogP contribution in [0.1, 0.15) is 0 Å². The molecular formula is C11H5Cl2FN4. The van der Waals surface area contributed by atoms with Crippen molar-refractivity contribution in [1.82, 2.24) is 19.6 Å². The van der Waals surface area contributed by atoms with Crippen LogP contribution in [0, 0.1) is 5.82 Å². The molecule has 0 bridgehead atoms. The van der Waals surface area contributed by atoms with E-state index in [-0.39, 0.29) is 15.7 Å². The SMILES string of the molecule is Fc1c(Cl)cccc1-c1nnc2c(Cl)nccn12. The summed E-state index contributed by atoms with van der Waals surface area (Å²) in [6.45, 7) is 0. The Kier molecular flexibility index (Phi) is 2.65. The van der Waals surface area contributed by atoms with E-state index < -0.39 is 5.82 Å². The molecule has 18 heavy (non-hydrogen) atoms. The maximum Gasteiger partial charge on any atom is 0.198 e. The molecule has 0 unspecified atom stereocenters. The molecule has 0 N–H and O–H groups in total. The Balaban J connectivity index is 2.33. The van der Waals surface area contributed by atoms with Crippen LogP contribution in [0.3, 0.4) is 0 Å². The van der Waals surface area contributed by atoms with Crippen molar-refractivity contribution in [3.63, 3.8) is 0 Å². The molecule has 0 aliphatic carbocycles. The summed E-state index contributed by atoms with van der Waals surface area (Å²) >= 11 is 11.6. The first-order chi connectivity index (χ1) is 8.68. The van der Waals surface area contributed by atoms with E-state index in [4.69, 9.17) is 23.2 Å². The third-order valence-corrected chi connectivity index (χ3v) is 3.03. The lowest BCUT2D eigenvalue weighted by Crippen LogP contribution is -1.93. The van der Waals surface area contributed by atoms with Crippen molar-refractivity contribution in [3.8, 4) is 11.4 Å². The lowest BCUT2D eigenvalue weighted by atomic mass is 10.2. The zero-order valence-corrected chi connectivity index (χ0v) is 10.3. The molecule has 0 amide bonds. The van der Waals surface area contributed by atoms with Gasteiger partial charge in [-0.2, -0.15) is 0 Å². The molecule has 0 aliphatic heterocycles. The topological polar surface area (TPSA) is 43.1 Å². The maximum atomic E-state index is 13.9. The molecule has 0 saturated carbocycles. The second-order valence-electron chi connectivity index (χ2n) is 3.54. The van der Waals surface area contributed by atoms with Gasteiger partial charge >= 0.3 is 0 Å². The highest BCUT2D eigenvalue weighted by Gasteiger charge is 2.15. The third kappa shape index (κ3) is 1.63. The number of nitrogens with zero attached hydrogens (tertiary/aromatic N) is 4. The van der Waals surface area contributed by atoms with E-state index in [9.17, 15) is 4.39 Å². The van der Waals surface area contributed by atoms with Crippen LogP contribution in [-0.4, -0.2) is 19.6 Å². The van der Waals surface area contributed by atoms with Gasteiger partial charge in [-0.1, -0.05) is 29.3 Å². The third-order valence-electron chi connectivity index (χ3n) is 2.48. The van der Waals surface area contributed by atoms with Crippen LogP contribution in [-0.2, 0) is 0 Å². The van der Waals surface area contributed by atoms with Crippen molar-refractivity contribution >= 4 is 28.8 Å². The second-order valence-corrected chi connectivity index (χ2v) is 4.30. The monoisotopic (exact) mass is 282 g/mol. The van der Waals surface area contributed by atoms with Gasteiger partial charge in [0, 0.05) is 12.4 Å². The fourth-order valence-electron chi connectivity index (χ4n) is 1.66. The number of fused-ring (bicyclic) bond motifs is 1. The predicted octanol–water partition coefficient (Wildman–Crippen LogP) is 3.24. The first-order valence-corrected chi connectivity index (χ1v) is 5.73. The number of rotatable bonds is 1. The molecule has 3 aromatic rings. The number of hydrogen-bond donors (Lipinski definition) is 0. The van der Waals surface area contributed by atoms with Gasteiger partial charge in [-0.15, -0.1) is 10.2 Å². The van der Waals surface area contributed by atoms with E-state index in [1.807, 2.05) is 0 Å². The number of halogens is 3. The predicted molar refractivity (Wildman–Crippen MR) is 66.2 cm³/mol. The number of benzene rings is 1. The van der Waals surface area contributed by atoms with Crippen LogP contribution in [0.25, 0.3) is 17.0 Å². The normalized spacial score (nSPS) is 11.1. The molecule has 0 atom stereocenters. The van der Waals surface area contributed by atoms with Gasteiger partial charge in [0.15, 0.2) is 22.4 Å². The Hall–Kier alpha value is -1.72. The van der Waals surface area contributed by atoms with Crippen LogP contribution < -0.4 is 0 Å². The van der Waals surface area contributed by atoms with Crippen LogP contribution in [0.5, 0.6) is 0 Å². The van der Waals surface area contributed by atoms with Gasteiger partial charge in [0.2, 0.25) is 0 Å². The van der Waals surface area contributed by atoms with Crippen molar-refractivity contribution in [2.24, 2.45) is 0 Å². The van der Waals surface area contributed by atoms with E-state index in [1.54, 1.807) is 22.7 Å². The van der Waals surface area contributed by atoms with Gasteiger partial charge in [-0.25, -0.2) is 9.37 Å². The minimum Gasteiger partial charge on any atom is -0.278 e. The van der Waals surface area contributed by atoms with Crippen LogP contribution >= 0.6 is 23.2 Å². The summed E-state index contributed by atoms with van der Waals surface area (Å²) in [5.41, 5.74) is 0.630. The fraction of sp³-hybridized carbons (Fsp3) is 0. The fourth-order valence-corrected chi connectivity index (χ4v) is 2.02. The summed E-state index contributed by atoms with van der Waals surface area (Å²) in [4.78, 5) is 3.88. The summed E-state index contributed by atoms with van der Waals surface area (Å²) in [6.07, 6.45) is 3.10. The van der Waals surface area contributed by atoms with Gasteiger partial charge < -0.3 is 0 Å². The molecule has 1 aromatic carbocycles. The van der Waals surface area contributed by atoms with Gasteiger partial charge in [0.1, 0.15) is 0 Å². The van der Waals surface area contributed by atoms with Crippen molar-refractivity contribution in [1.29, 1.82) is 0 Å². The zero-order chi connectivity index (χ0) is 12.7. The first-order valence-electron chi connectivity index (χ1n) is 4.98. The van der Waals surface area contributed by atoms with Crippen LogP contribution in [0.15, 0.2) is 30.6 Å². The largest absolute Gasteiger partial charge is 0.278 e. The molecule has 0 radical (unpaired) electrons. The summed E-state index contributed by atoms with van der Waals surface area (Å²) < 4.78 is 15.5. The van der Waals surface area contributed by atoms with E-state index in [0.717, 1.165) is 0 Å². The quantitative estimate of drug-likeness (QED) is 0.688. The molecule has 0 fully saturated rings. The maximum absolute atomic E-state index is 13.9. The van der Waals surface area contributed by atoms with Gasteiger partial charge in [-0.3, -0.25) is 4.40 Å². The molecule has 2 heterocycles. The molecule has 7 heteroatoms. The Morgan fingerprint density at radius 1 is 1.17 bits per heavy atom. The van der Waals surface area contributed by atoms with Gasteiger partial charge in [-0.05, 0) is 12.1 Å². The zero-order valence-electron chi connectivity index (χ0n) is 8.81. The minimum atomic E-state index is -0.540. The Labute approximate surface area is 111 Å². The van der Waals surface area contributed by atoms with Gasteiger partial charge in [0.05, 0.1) is 10.6 Å². The highest BCUT2D eigenvalue weighted by atomic mass is 35.5. The van der Waals surface area contributed by atoms with E-state index in [0.29, 0.717) is 11.5 Å². The number of aromatic nitrogens is 4. The Morgan fingerprint density at radius 3 is 2.83 bits per heavy atom. The van der Waals surface area contributed by atoms with Crippen LogP contribution in [0.4, 0.5) is 4.39 Å². The molecule has 0 saturated heterocycles. The summed E-state index contributed by atoms with van der Waals surface area (Å²) in [5.74, 6) is -0.212. The van der Waals surface area contributed by atoms with Crippen molar-refractivity contribution in [3.05, 3.63) is 46.6 Å². The van der Waals surface area contributed by atoms with E-state index in [1.165, 1.54) is 12.3 Å². The van der Waals surface area contributed by atoms with Crippen molar-refractivity contribution in [2.45, 2.75) is 0 Å². The molecule has 2 aromatic heterocycles. The molecule has 4 nitrogen and oxygen atoms in total. The lowest BCUT2D eigenvalue weighted by Gasteiger charge is -2.02. The Bertz CT molecular complexity index is 741. The summed E-state index contributed by atoms with van der Waals surface area (Å²) in [7, 11) is 0. The van der Waals surface area contributed by atoms with Crippen molar-refractivity contribution < 1.29 is 4.39 Å². The van der Waals surface area contributed by atoms with Crippen molar-refractivity contribution in [2.75, 3.05) is 0 Å². The van der Waals surface area contributed by atoms with E-state index in [2.05, 4.69) is 15.2 Å². The standard InChI is InChI=1S/C11H5Cl2FN4/c12-7-3-1-2-6(8(7)14)10-16-17-11-9(13)15-4-5-18(10)11/h1-5H.